The molecule has 27 heavy (non-hydrogen) atoms. The molecule has 1 atom stereocenters. The van der Waals surface area contributed by atoms with Crippen molar-refractivity contribution in [2.45, 2.75) is 13.0 Å². The van der Waals surface area contributed by atoms with Crippen LogP contribution in [-0.4, -0.2) is 65.1 Å². The number of amides is 3. The first kappa shape index (κ1) is 17.8. The summed E-state index contributed by atoms with van der Waals surface area (Å²) in [7, 11) is 0. The summed E-state index contributed by atoms with van der Waals surface area (Å²) in [5, 5.41) is 1.89. The number of hydrogen-bond acceptors (Lipinski definition) is 5. The van der Waals surface area contributed by atoms with Crippen LogP contribution in [0.1, 0.15) is 21.9 Å². The Hall–Kier alpha value is -2.61. The van der Waals surface area contributed by atoms with E-state index in [1.54, 1.807) is 27.0 Å². The third kappa shape index (κ3) is 3.75. The van der Waals surface area contributed by atoms with E-state index in [2.05, 4.69) is 0 Å². The van der Waals surface area contributed by atoms with E-state index in [9.17, 15) is 14.4 Å². The number of furan rings is 1. The smallest absolute Gasteiger partial charge is 0.264 e. The van der Waals surface area contributed by atoms with Gasteiger partial charge in [0.2, 0.25) is 11.8 Å². The van der Waals surface area contributed by atoms with Gasteiger partial charge in [0.05, 0.1) is 23.6 Å². The van der Waals surface area contributed by atoms with Crippen molar-refractivity contribution in [2.24, 2.45) is 5.92 Å². The Morgan fingerprint density at radius 2 is 1.89 bits per heavy atom. The van der Waals surface area contributed by atoms with Crippen LogP contribution in [0.5, 0.6) is 0 Å². The lowest BCUT2D eigenvalue weighted by Gasteiger charge is -2.35. The van der Waals surface area contributed by atoms with Crippen molar-refractivity contribution >= 4 is 29.1 Å². The van der Waals surface area contributed by atoms with Gasteiger partial charge in [0.1, 0.15) is 5.76 Å². The van der Waals surface area contributed by atoms with Gasteiger partial charge in [-0.3, -0.25) is 14.4 Å². The molecule has 2 aromatic heterocycles. The van der Waals surface area contributed by atoms with Gasteiger partial charge in [-0.15, -0.1) is 11.3 Å². The average Bonchev–Trinajstić information content (AvgIpc) is 3.44. The van der Waals surface area contributed by atoms with Crippen LogP contribution >= 0.6 is 11.3 Å². The lowest BCUT2D eigenvalue weighted by atomic mass is 10.1. The maximum absolute atomic E-state index is 12.8. The Morgan fingerprint density at radius 1 is 1.11 bits per heavy atom. The van der Waals surface area contributed by atoms with Crippen LogP contribution in [0.15, 0.2) is 40.3 Å². The molecular weight excluding hydrogens is 366 g/mol. The van der Waals surface area contributed by atoms with Gasteiger partial charge >= 0.3 is 0 Å². The largest absolute Gasteiger partial charge is 0.467 e. The summed E-state index contributed by atoms with van der Waals surface area (Å²) in [6.07, 6.45) is 1.82. The number of piperazine rings is 1. The van der Waals surface area contributed by atoms with E-state index in [-0.39, 0.29) is 30.1 Å². The second-order valence-electron chi connectivity index (χ2n) is 6.85. The zero-order valence-electron chi connectivity index (χ0n) is 14.9. The Bertz CT molecular complexity index is 810. The van der Waals surface area contributed by atoms with E-state index in [1.165, 1.54) is 11.3 Å². The van der Waals surface area contributed by atoms with Gasteiger partial charge in [0.25, 0.3) is 5.91 Å². The van der Waals surface area contributed by atoms with E-state index in [1.807, 2.05) is 23.6 Å². The second kappa shape index (κ2) is 7.56. The number of nitrogens with zero attached hydrogens (tertiary/aromatic N) is 3. The Balaban J connectivity index is 1.30. The Morgan fingerprint density at radius 3 is 2.56 bits per heavy atom. The summed E-state index contributed by atoms with van der Waals surface area (Å²) in [6, 6.07) is 7.30. The fourth-order valence-electron chi connectivity index (χ4n) is 3.63. The first-order chi connectivity index (χ1) is 13.1. The molecule has 0 saturated carbocycles. The molecule has 2 aromatic rings. The van der Waals surface area contributed by atoms with Gasteiger partial charge < -0.3 is 19.1 Å². The SMILES string of the molecule is O=C1C[C@@H](C(=O)N2CCN(C(=O)c3cccs3)CC2)CN1Cc1ccco1. The van der Waals surface area contributed by atoms with Gasteiger partial charge in [-0.1, -0.05) is 6.07 Å². The number of hydrogen-bond donors (Lipinski definition) is 0. The minimum atomic E-state index is -0.313. The quantitative estimate of drug-likeness (QED) is 0.800. The Labute approximate surface area is 161 Å². The molecule has 4 heterocycles. The number of carbonyl (C=O) groups excluding carboxylic acids is 3. The first-order valence-electron chi connectivity index (χ1n) is 9.03. The van der Waals surface area contributed by atoms with Crippen LogP contribution in [0.3, 0.4) is 0 Å². The minimum Gasteiger partial charge on any atom is -0.467 e. The fraction of sp³-hybridized carbons (Fsp3) is 0.421. The summed E-state index contributed by atoms with van der Waals surface area (Å²) in [6.45, 7) is 2.90. The zero-order chi connectivity index (χ0) is 18.8. The molecule has 2 fully saturated rings. The van der Waals surface area contributed by atoms with Crippen molar-refractivity contribution in [2.75, 3.05) is 32.7 Å². The maximum Gasteiger partial charge on any atom is 0.264 e. The van der Waals surface area contributed by atoms with Crippen molar-refractivity contribution in [1.29, 1.82) is 0 Å². The van der Waals surface area contributed by atoms with Gasteiger partial charge in [-0.05, 0) is 23.6 Å². The molecular formula is C19H21N3O4S. The predicted molar refractivity (Wildman–Crippen MR) is 99.0 cm³/mol. The van der Waals surface area contributed by atoms with E-state index in [0.29, 0.717) is 39.3 Å². The topological polar surface area (TPSA) is 74.1 Å². The van der Waals surface area contributed by atoms with Gasteiger partial charge in [-0.25, -0.2) is 0 Å². The van der Waals surface area contributed by atoms with Crippen molar-refractivity contribution in [3.63, 3.8) is 0 Å². The molecule has 0 aromatic carbocycles. The molecule has 0 unspecified atom stereocenters. The molecule has 0 aliphatic carbocycles. The Kier molecular flexibility index (Phi) is 4.98. The zero-order valence-corrected chi connectivity index (χ0v) is 15.7. The summed E-state index contributed by atoms with van der Waals surface area (Å²) < 4.78 is 5.29. The highest BCUT2D eigenvalue weighted by molar-refractivity contribution is 7.12. The number of carbonyl (C=O) groups is 3. The average molecular weight is 387 g/mol. The maximum atomic E-state index is 12.8. The van der Waals surface area contributed by atoms with E-state index in [4.69, 9.17) is 4.42 Å². The summed E-state index contributed by atoms with van der Waals surface area (Å²) in [5.41, 5.74) is 0. The van der Waals surface area contributed by atoms with Gasteiger partial charge in [-0.2, -0.15) is 0 Å². The molecule has 0 N–H and O–H groups in total. The normalized spacial score (nSPS) is 20.4. The molecule has 7 nitrogen and oxygen atoms in total. The highest BCUT2D eigenvalue weighted by Gasteiger charge is 2.37. The van der Waals surface area contributed by atoms with Crippen molar-refractivity contribution in [3.05, 3.63) is 46.5 Å². The lowest BCUT2D eigenvalue weighted by molar-refractivity contribution is -0.137. The number of rotatable bonds is 4. The molecule has 2 aliphatic rings. The van der Waals surface area contributed by atoms with E-state index in [0.717, 1.165) is 10.6 Å². The molecule has 2 aliphatic heterocycles. The summed E-state index contributed by atoms with van der Waals surface area (Å²) >= 11 is 1.43. The van der Waals surface area contributed by atoms with E-state index < -0.39 is 0 Å². The van der Waals surface area contributed by atoms with Crippen molar-refractivity contribution in [1.82, 2.24) is 14.7 Å². The monoisotopic (exact) mass is 387 g/mol. The van der Waals surface area contributed by atoms with Crippen LogP contribution in [0.2, 0.25) is 0 Å². The molecule has 0 radical (unpaired) electrons. The summed E-state index contributed by atoms with van der Waals surface area (Å²) in [5.74, 6) is 0.423. The highest BCUT2D eigenvalue weighted by Crippen LogP contribution is 2.23. The molecule has 0 bridgehead atoms. The molecule has 4 rings (SSSR count). The van der Waals surface area contributed by atoms with Crippen LogP contribution in [-0.2, 0) is 16.1 Å². The van der Waals surface area contributed by atoms with Crippen LogP contribution in [0.25, 0.3) is 0 Å². The van der Waals surface area contributed by atoms with Crippen LogP contribution < -0.4 is 0 Å². The fourth-order valence-corrected chi connectivity index (χ4v) is 4.32. The minimum absolute atomic E-state index is 0.00789. The van der Waals surface area contributed by atoms with Crippen LogP contribution in [0.4, 0.5) is 0 Å². The standard InChI is InChI=1S/C19H21N3O4S/c23-17-11-14(12-22(17)13-15-3-1-9-26-15)18(24)20-5-7-21(8-6-20)19(25)16-4-2-10-27-16/h1-4,9-10,14H,5-8,11-13H2/t14-/m1/s1. The second-order valence-corrected chi connectivity index (χ2v) is 7.80. The lowest BCUT2D eigenvalue weighted by Crippen LogP contribution is -2.52. The third-order valence-corrected chi connectivity index (χ3v) is 5.96. The van der Waals surface area contributed by atoms with Crippen molar-refractivity contribution in [3.8, 4) is 0 Å². The molecule has 2 saturated heterocycles. The molecule has 3 amide bonds. The van der Waals surface area contributed by atoms with Crippen LogP contribution in [0, 0.1) is 5.92 Å². The third-order valence-electron chi connectivity index (χ3n) is 5.10. The van der Waals surface area contributed by atoms with Crippen molar-refractivity contribution < 1.29 is 18.8 Å². The number of likely N-dealkylation sites (tertiary alicyclic amines) is 1. The van der Waals surface area contributed by atoms with E-state index >= 15 is 0 Å². The molecule has 8 heteroatoms. The van der Waals surface area contributed by atoms with Gasteiger partial charge in [0.15, 0.2) is 0 Å². The first-order valence-corrected chi connectivity index (χ1v) is 9.91. The molecule has 142 valence electrons. The molecule has 0 spiro atoms. The number of thiophene rings is 1. The summed E-state index contributed by atoms with van der Waals surface area (Å²) in [4.78, 5) is 43.4. The van der Waals surface area contributed by atoms with Gasteiger partial charge in [0, 0.05) is 39.1 Å². The predicted octanol–water partition coefficient (Wildman–Crippen LogP) is 1.67. The highest BCUT2D eigenvalue weighted by atomic mass is 32.1.